The molecule has 124 valence electrons. The predicted molar refractivity (Wildman–Crippen MR) is 89.2 cm³/mol. The van der Waals surface area contributed by atoms with Crippen molar-refractivity contribution in [1.82, 2.24) is 19.7 Å². The molecule has 0 radical (unpaired) electrons. The molecule has 0 fully saturated rings. The van der Waals surface area contributed by atoms with Crippen LogP contribution in [-0.4, -0.2) is 30.8 Å². The minimum absolute atomic E-state index is 0.0158. The number of hydrogen-bond acceptors (Lipinski definition) is 4. The Balaban J connectivity index is 1.74. The Hall–Kier alpha value is -2.67. The van der Waals surface area contributed by atoms with Crippen LogP contribution >= 0.6 is 11.6 Å². The second-order valence-electron chi connectivity index (χ2n) is 5.40. The van der Waals surface area contributed by atoms with Crippen LogP contribution in [0.25, 0.3) is 11.0 Å². The predicted octanol–water partition coefficient (Wildman–Crippen LogP) is 2.42. The minimum Gasteiger partial charge on any atom is -0.481 e. The van der Waals surface area contributed by atoms with E-state index in [1.54, 1.807) is 12.1 Å². The van der Waals surface area contributed by atoms with E-state index < -0.39 is 11.9 Å². The summed E-state index contributed by atoms with van der Waals surface area (Å²) in [5.74, 6) is -1.45. The standard InChI is InChI=1S/C16H15ClN4O3/c17-16-19-12-9-18-21(13(12)14(22)20-16)8-4-7-11(15(23)24)10-5-2-1-3-6-10/h1-3,5-6,9,11H,4,7-8H2,(H,23,24)(H,19,20,22). The van der Waals surface area contributed by atoms with Crippen molar-refractivity contribution in [2.45, 2.75) is 25.3 Å². The molecular weight excluding hydrogens is 332 g/mol. The van der Waals surface area contributed by atoms with Gasteiger partial charge in [0.2, 0.25) is 5.28 Å². The Morgan fingerprint density at radius 2 is 2.08 bits per heavy atom. The van der Waals surface area contributed by atoms with Crippen molar-refractivity contribution in [3.8, 4) is 0 Å². The van der Waals surface area contributed by atoms with Crippen molar-refractivity contribution in [2.24, 2.45) is 0 Å². The first kappa shape index (κ1) is 16.2. The molecule has 0 saturated carbocycles. The highest BCUT2D eigenvalue weighted by atomic mass is 35.5. The first-order chi connectivity index (χ1) is 11.6. The molecule has 0 aliphatic rings. The molecule has 1 unspecified atom stereocenters. The molecule has 0 amide bonds. The van der Waals surface area contributed by atoms with E-state index in [0.29, 0.717) is 30.4 Å². The van der Waals surface area contributed by atoms with E-state index in [4.69, 9.17) is 11.6 Å². The van der Waals surface area contributed by atoms with Crippen molar-refractivity contribution in [3.05, 3.63) is 57.7 Å². The Kier molecular flexibility index (Phi) is 4.61. The summed E-state index contributed by atoms with van der Waals surface area (Å²) in [5, 5.41) is 13.6. The molecule has 2 N–H and O–H groups in total. The van der Waals surface area contributed by atoms with Crippen LogP contribution in [0, 0.1) is 0 Å². The van der Waals surface area contributed by atoms with E-state index in [1.807, 2.05) is 18.2 Å². The van der Waals surface area contributed by atoms with Gasteiger partial charge in [0.05, 0.1) is 12.1 Å². The third-order valence-corrected chi connectivity index (χ3v) is 4.01. The van der Waals surface area contributed by atoms with Gasteiger partial charge in [-0.15, -0.1) is 0 Å². The molecule has 1 aromatic carbocycles. The number of nitrogens with zero attached hydrogens (tertiary/aromatic N) is 3. The highest BCUT2D eigenvalue weighted by Gasteiger charge is 2.19. The van der Waals surface area contributed by atoms with E-state index in [-0.39, 0.29) is 10.8 Å². The summed E-state index contributed by atoms with van der Waals surface area (Å²) in [6.45, 7) is 0.423. The van der Waals surface area contributed by atoms with Crippen LogP contribution in [0.3, 0.4) is 0 Å². The maximum absolute atomic E-state index is 12.0. The Morgan fingerprint density at radius 3 is 2.79 bits per heavy atom. The number of H-pyrrole nitrogens is 1. The number of aromatic nitrogens is 4. The molecule has 0 saturated heterocycles. The number of aliphatic carboxylic acids is 1. The van der Waals surface area contributed by atoms with E-state index in [2.05, 4.69) is 15.1 Å². The van der Waals surface area contributed by atoms with Gasteiger partial charge in [-0.05, 0) is 30.0 Å². The topological polar surface area (TPSA) is 101 Å². The number of benzene rings is 1. The molecule has 0 spiro atoms. The average molecular weight is 347 g/mol. The van der Waals surface area contributed by atoms with E-state index in [9.17, 15) is 14.7 Å². The molecule has 24 heavy (non-hydrogen) atoms. The van der Waals surface area contributed by atoms with Gasteiger partial charge >= 0.3 is 5.97 Å². The van der Waals surface area contributed by atoms with Crippen LogP contribution in [0.1, 0.15) is 24.3 Å². The highest BCUT2D eigenvalue weighted by molar-refractivity contribution is 6.28. The molecule has 0 aliphatic heterocycles. The maximum atomic E-state index is 12.0. The quantitative estimate of drug-likeness (QED) is 0.667. The number of hydrogen-bond donors (Lipinski definition) is 2. The molecule has 8 heteroatoms. The molecule has 1 atom stereocenters. The number of aryl methyl sites for hydroxylation is 1. The summed E-state index contributed by atoms with van der Waals surface area (Å²) in [5.41, 5.74) is 1.16. The zero-order chi connectivity index (χ0) is 17.1. The van der Waals surface area contributed by atoms with Gasteiger partial charge in [0, 0.05) is 6.54 Å². The normalized spacial score (nSPS) is 12.4. The number of rotatable bonds is 6. The van der Waals surface area contributed by atoms with Crippen molar-refractivity contribution in [3.63, 3.8) is 0 Å². The van der Waals surface area contributed by atoms with Gasteiger partial charge in [-0.1, -0.05) is 30.3 Å². The summed E-state index contributed by atoms with van der Waals surface area (Å²) in [4.78, 5) is 29.9. The Bertz CT molecular complexity index is 920. The highest BCUT2D eigenvalue weighted by Crippen LogP contribution is 2.22. The number of carboxylic acid groups (broad SMARTS) is 1. The number of aromatic amines is 1. The zero-order valence-electron chi connectivity index (χ0n) is 12.6. The average Bonchev–Trinajstić information content (AvgIpc) is 2.95. The van der Waals surface area contributed by atoms with Crippen LogP contribution in [0.4, 0.5) is 0 Å². The fourth-order valence-electron chi connectivity index (χ4n) is 2.71. The summed E-state index contributed by atoms with van der Waals surface area (Å²) in [6, 6.07) is 9.10. The van der Waals surface area contributed by atoms with Gasteiger partial charge in [0.25, 0.3) is 5.56 Å². The lowest BCUT2D eigenvalue weighted by Gasteiger charge is -2.12. The second-order valence-corrected chi connectivity index (χ2v) is 5.76. The Morgan fingerprint density at radius 1 is 1.33 bits per heavy atom. The number of carboxylic acids is 1. The van der Waals surface area contributed by atoms with Gasteiger partial charge in [-0.2, -0.15) is 5.10 Å². The molecule has 2 aromatic heterocycles. The molecule has 2 heterocycles. The smallest absolute Gasteiger partial charge is 0.310 e. The minimum atomic E-state index is -0.863. The fraction of sp³-hybridized carbons (Fsp3) is 0.250. The summed E-state index contributed by atoms with van der Waals surface area (Å²) in [6.07, 6.45) is 2.48. The van der Waals surface area contributed by atoms with Crippen LogP contribution in [0.15, 0.2) is 41.3 Å². The van der Waals surface area contributed by atoms with Crippen LogP contribution in [0.2, 0.25) is 5.28 Å². The largest absolute Gasteiger partial charge is 0.481 e. The SMILES string of the molecule is O=C(O)C(CCCn1ncc2nc(Cl)[nH]c(=O)c21)c1ccccc1. The van der Waals surface area contributed by atoms with E-state index in [0.717, 1.165) is 5.56 Å². The van der Waals surface area contributed by atoms with Crippen molar-refractivity contribution >= 4 is 28.6 Å². The number of fused-ring (bicyclic) bond motifs is 1. The van der Waals surface area contributed by atoms with Gasteiger partial charge in [0.1, 0.15) is 5.52 Å². The zero-order valence-corrected chi connectivity index (χ0v) is 13.4. The fourth-order valence-corrected chi connectivity index (χ4v) is 2.89. The molecule has 0 aliphatic carbocycles. The van der Waals surface area contributed by atoms with Crippen molar-refractivity contribution < 1.29 is 9.90 Å². The van der Waals surface area contributed by atoms with Gasteiger partial charge in [-0.3, -0.25) is 19.3 Å². The number of nitrogens with one attached hydrogen (secondary N) is 1. The lowest BCUT2D eigenvalue weighted by Crippen LogP contribution is -2.15. The summed E-state index contributed by atoms with van der Waals surface area (Å²) < 4.78 is 1.53. The van der Waals surface area contributed by atoms with E-state index in [1.165, 1.54) is 10.9 Å². The van der Waals surface area contributed by atoms with Crippen LogP contribution in [-0.2, 0) is 11.3 Å². The van der Waals surface area contributed by atoms with Crippen molar-refractivity contribution in [2.75, 3.05) is 0 Å². The third-order valence-electron chi connectivity index (χ3n) is 3.83. The van der Waals surface area contributed by atoms with Crippen LogP contribution < -0.4 is 5.56 Å². The number of halogens is 1. The Labute approximate surface area is 141 Å². The molecule has 7 nitrogen and oxygen atoms in total. The third kappa shape index (κ3) is 3.30. The molecule has 3 aromatic rings. The maximum Gasteiger partial charge on any atom is 0.310 e. The second kappa shape index (κ2) is 6.84. The first-order valence-corrected chi connectivity index (χ1v) is 7.83. The number of carbonyl (C=O) groups is 1. The van der Waals surface area contributed by atoms with Crippen LogP contribution in [0.5, 0.6) is 0 Å². The molecule has 0 bridgehead atoms. The van der Waals surface area contributed by atoms with Gasteiger partial charge < -0.3 is 5.11 Å². The summed E-state index contributed by atoms with van der Waals surface area (Å²) in [7, 11) is 0. The van der Waals surface area contributed by atoms with Gasteiger partial charge in [0.15, 0.2) is 5.52 Å². The van der Waals surface area contributed by atoms with E-state index >= 15 is 0 Å². The molecular formula is C16H15ClN4O3. The lowest BCUT2D eigenvalue weighted by molar-refractivity contribution is -0.139. The lowest BCUT2D eigenvalue weighted by atomic mass is 9.94. The van der Waals surface area contributed by atoms with Gasteiger partial charge in [-0.25, -0.2) is 4.98 Å². The van der Waals surface area contributed by atoms with Crippen molar-refractivity contribution in [1.29, 1.82) is 0 Å². The summed E-state index contributed by atoms with van der Waals surface area (Å²) >= 11 is 5.71. The first-order valence-electron chi connectivity index (χ1n) is 7.45. The molecule has 3 rings (SSSR count). The monoisotopic (exact) mass is 346 g/mol.